The minimum absolute atomic E-state index is 0.0856. The smallest absolute Gasteiger partial charge is 0.306 e. The molecule has 0 aliphatic rings. The third-order valence-electron chi connectivity index (χ3n) is 10.4. The van der Waals surface area contributed by atoms with Crippen LogP contribution in [0.1, 0.15) is 233 Å². The zero-order valence-corrected chi connectivity index (χ0v) is 38.0. The molecule has 1 atom stereocenters. The van der Waals surface area contributed by atoms with E-state index in [0.29, 0.717) is 19.3 Å². The quantitative estimate of drug-likeness (QED) is 0.0201. The van der Waals surface area contributed by atoms with E-state index in [4.69, 9.17) is 14.2 Å². The first-order chi connectivity index (χ1) is 28.5. The molecule has 334 valence electrons. The third kappa shape index (κ3) is 44.2. The zero-order chi connectivity index (χ0) is 42.3. The summed E-state index contributed by atoms with van der Waals surface area (Å²) in [6.45, 7) is 6.45. The number of hydrogen-bond donors (Lipinski definition) is 0. The van der Waals surface area contributed by atoms with Crippen LogP contribution >= 0.6 is 0 Å². The molecule has 0 amide bonds. The Labute approximate surface area is 358 Å². The molecule has 0 spiro atoms. The first-order valence-corrected chi connectivity index (χ1v) is 24.3. The minimum atomic E-state index is -0.786. The number of hydrogen-bond acceptors (Lipinski definition) is 6. The average Bonchev–Trinajstić information content (AvgIpc) is 3.22. The maximum Gasteiger partial charge on any atom is 0.306 e. The van der Waals surface area contributed by atoms with Gasteiger partial charge in [0, 0.05) is 19.3 Å². The molecule has 0 fully saturated rings. The molecule has 0 aromatic rings. The second-order valence-electron chi connectivity index (χ2n) is 16.1. The van der Waals surface area contributed by atoms with Gasteiger partial charge in [-0.15, -0.1) is 0 Å². The van der Waals surface area contributed by atoms with Crippen molar-refractivity contribution in [1.82, 2.24) is 0 Å². The predicted octanol–water partition coefficient (Wildman–Crippen LogP) is 15.7. The van der Waals surface area contributed by atoms with E-state index in [1.54, 1.807) is 0 Å². The van der Waals surface area contributed by atoms with Crippen LogP contribution in [0.25, 0.3) is 0 Å². The van der Waals surface area contributed by atoms with Gasteiger partial charge in [-0.1, -0.05) is 210 Å². The van der Waals surface area contributed by atoms with Crippen molar-refractivity contribution in [2.24, 2.45) is 0 Å². The maximum absolute atomic E-state index is 12.7. The first kappa shape index (κ1) is 55.1. The molecule has 6 nitrogen and oxygen atoms in total. The number of unbranched alkanes of at least 4 members (excludes halogenated alkanes) is 25. The highest BCUT2D eigenvalue weighted by atomic mass is 16.6. The van der Waals surface area contributed by atoms with Gasteiger partial charge in [-0.2, -0.15) is 0 Å². The van der Waals surface area contributed by atoms with E-state index in [9.17, 15) is 14.4 Å². The first-order valence-electron chi connectivity index (χ1n) is 24.3. The molecular formula is C52H90O6. The summed E-state index contributed by atoms with van der Waals surface area (Å²) in [4.78, 5) is 37.8. The summed E-state index contributed by atoms with van der Waals surface area (Å²) in [5.41, 5.74) is 0. The molecule has 0 aromatic heterocycles. The highest BCUT2D eigenvalue weighted by Crippen LogP contribution is 2.14. The van der Waals surface area contributed by atoms with Crippen LogP contribution < -0.4 is 0 Å². The highest BCUT2D eigenvalue weighted by Gasteiger charge is 2.19. The van der Waals surface area contributed by atoms with Crippen molar-refractivity contribution in [2.45, 2.75) is 239 Å². The van der Waals surface area contributed by atoms with Gasteiger partial charge in [-0.05, 0) is 64.2 Å². The van der Waals surface area contributed by atoms with E-state index in [1.807, 2.05) is 18.2 Å². The number of ether oxygens (including phenoxy) is 3. The van der Waals surface area contributed by atoms with Crippen LogP contribution in [0.5, 0.6) is 0 Å². The second kappa shape index (κ2) is 46.8. The molecule has 0 saturated heterocycles. The topological polar surface area (TPSA) is 78.9 Å². The minimum Gasteiger partial charge on any atom is -0.462 e. The highest BCUT2D eigenvalue weighted by molar-refractivity contribution is 5.71. The molecule has 0 aliphatic heterocycles. The van der Waals surface area contributed by atoms with Crippen molar-refractivity contribution in [2.75, 3.05) is 13.2 Å². The summed E-state index contributed by atoms with van der Waals surface area (Å²) in [5.74, 6) is -0.919. The van der Waals surface area contributed by atoms with E-state index in [2.05, 4.69) is 63.3 Å². The molecule has 1 unspecified atom stereocenters. The maximum atomic E-state index is 12.7. The van der Waals surface area contributed by atoms with Gasteiger partial charge in [0.25, 0.3) is 0 Å². The Morgan fingerprint density at radius 1 is 0.362 bits per heavy atom. The summed E-state index contributed by atoms with van der Waals surface area (Å²) in [6.07, 6.45) is 56.3. The van der Waals surface area contributed by atoms with Crippen LogP contribution in [0.2, 0.25) is 0 Å². The van der Waals surface area contributed by atoms with Crippen LogP contribution in [0.4, 0.5) is 0 Å². The molecule has 0 radical (unpaired) electrons. The van der Waals surface area contributed by atoms with Gasteiger partial charge in [0.1, 0.15) is 13.2 Å². The summed E-state index contributed by atoms with van der Waals surface area (Å²) in [7, 11) is 0. The second-order valence-corrected chi connectivity index (χ2v) is 16.1. The Kier molecular flexibility index (Phi) is 44.5. The lowest BCUT2D eigenvalue weighted by Gasteiger charge is -2.18. The fourth-order valence-corrected chi connectivity index (χ4v) is 6.68. The summed E-state index contributed by atoms with van der Waals surface area (Å²) >= 11 is 0. The van der Waals surface area contributed by atoms with Crippen molar-refractivity contribution in [3.8, 4) is 0 Å². The Hall–Kier alpha value is -2.89. The Morgan fingerprint density at radius 2 is 0.690 bits per heavy atom. The SMILES string of the molecule is CC\C=C/C=C\C=C/C=C\CCCCCCCC(=O)OC(COC(=O)CCCCCCC/C=C\CCCCCCCCC)COC(=O)CCCCCCCCCCC. The number of rotatable bonds is 43. The largest absolute Gasteiger partial charge is 0.462 e. The van der Waals surface area contributed by atoms with Crippen LogP contribution in [-0.2, 0) is 28.6 Å². The Balaban J connectivity index is 4.39. The van der Waals surface area contributed by atoms with Gasteiger partial charge in [-0.25, -0.2) is 0 Å². The van der Waals surface area contributed by atoms with E-state index < -0.39 is 6.10 Å². The van der Waals surface area contributed by atoms with Crippen LogP contribution in [-0.4, -0.2) is 37.2 Å². The van der Waals surface area contributed by atoms with Gasteiger partial charge in [0.05, 0.1) is 0 Å². The fraction of sp³-hybridized carbons (Fsp3) is 0.750. The van der Waals surface area contributed by atoms with Crippen molar-refractivity contribution in [3.05, 3.63) is 60.8 Å². The van der Waals surface area contributed by atoms with Gasteiger partial charge in [-0.3, -0.25) is 14.4 Å². The van der Waals surface area contributed by atoms with Crippen molar-refractivity contribution >= 4 is 17.9 Å². The number of allylic oxidation sites excluding steroid dienone is 10. The van der Waals surface area contributed by atoms with Gasteiger partial charge in [0.15, 0.2) is 6.10 Å². The number of esters is 3. The van der Waals surface area contributed by atoms with Crippen LogP contribution in [0, 0.1) is 0 Å². The summed E-state index contributed by atoms with van der Waals surface area (Å²) < 4.78 is 16.7. The van der Waals surface area contributed by atoms with E-state index >= 15 is 0 Å². The average molecular weight is 811 g/mol. The van der Waals surface area contributed by atoms with Crippen molar-refractivity contribution in [1.29, 1.82) is 0 Å². The lowest BCUT2D eigenvalue weighted by atomic mass is 10.1. The molecule has 0 aliphatic carbocycles. The van der Waals surface area contributed by atoms with Crippen LogP contribution in [0.3, 0.4) is 0 Å². The normalized spacial score (nSPS) is 12.5. The summed E-state index contributed by atoms with van der Waals surface area (Å²) in [6, 6.07) is 0. The monoisotopic (exact) mass is 811 g/mol. The third-order valence-corrected chi connectivity index (χ3v) is 10.4. The molecule has 0 N–H and O–H groups in total. The van der Waals surface area contributed by atoms with Gasteiger partial charge >= 0.3 is 17.9 Å². The lowest BCUT2D eigenvalue weighted by Crippen LogP contribution is -2.30. The van der Waals surface area contributed by atoms with E-state index in [1.165, 1.54) is 103 Å². The van der Waals surface area contributed by atoms with Gasteiger partial charge < -0.3 is 14.2 Å². The molecule has 0 aromatic carbocycles. The molecule has 0 bridgehead atoms. The van der Waals surface area contributed by atoms with E-state index in [-0.39, 0.29) is 31.1 Å². The standard InChI is InChI=1S/C52H90O6/c1-4-7-10-13-16-19-21-23-25-27-28-30-33-36-39-42-45-51(54)57-48-49(47-56-50(53)44-41-38-35-32-18-15-12-9-6-3)58-52(55)46-43-40-37-34-31-29-26-24-22-20-17-14-11-8-5-2/h8,11,14,17,20,22,24-27,49H,4-7,9-10,12-13,15-16,18-19,21,23,28-48H2,1-3H3/b11-8-,17-14-,22-20-,26-24-,27-25-. The molecule has 58 heavy (non-hydrogen) atoms. The molecule has 6 heteroatoms. The fourth-order valence-electron chi connectivity index (χ4n) is 6.68. The molecule has 0 rings (SSSR count). The number of carbonyl (C=O) groups excluding carboxylic acids is 3. The zero-order valence-electron chi connectivity index (χ0n) is 38.0. The summed E-state index contributed by atoms with van der Waals surface area (Å²) in [5, 5.41) is 0. The molecule has 0 saturated carbocycles. The predicted molar refractivity (Wildman–Crippen MR) is 247 cm³/mol. The Morgan fingerprint density at radius 3 is 1.10 bits per heavy atom. The van der Waals surface area contributed by atoms with Crippen LogP contribution in [0.15, 0.2) is 60.8 Å². The van der Waals surface area contributed by atoms with E-state index in [0.717, 1.165) is 89.9 Å². The van der Waals surface area contributed by atoms with Crippen molar-refractivity contribution in [3.63, 3.8) is 0 Å². The lowest BCUT2D eigenvalue weighted by molar-refractivity contribution is -0.167. The Bertz CT molecular complexity index is 1070. The molecular weight excluding hydrogens is 721 g/mol. The molecule has 0 heterocycles. The number of carbonyl (C=O) groups is 3. The van der Waals surface area contributed by atoms with Gasteiger partial charge in [0.2, 0.25) is 0 Å². The van der Waals surface area contributed by atoms with Crippen molar-refractivity contribution < 1.29 is 28.6 Å².